The van der Waals surface area contributed by atoms with Gasteiger partial charge in [0, 0.05) is 38.2 Å². The van der Waals surface area contributed by atoms with Crippen molar-refractivity contribution >= 4 is 32.3 Å². The first kappa shape index (κ1) is 27.8. The van der Waals surface area contributed by atoms with Gasteiger partial charge in [0.15, 0.2) is 0 Å². The lowest BCUT2D eigenvalue weighted by Gasteiger charge is -2.25. The Morgan fingerprint density at radius 2 is 0.750 bits per heavy atom. The predicted molar refractivity (Wildman–Crippen MR) is 170 cm³/mol. The average molecular weight is 535 g/mol. The molecule has 0 atom stereocenters. The summed E-state index contributed by atoms with van der Waals surface area (Å²) in [5, 5.41) is 6.71. The first-order chi connectivity index (χ1) is 19.3. The molecular weight excluding hydrogens is 492 g/mol. The Kier molecular flexibility index (Phi) is 8.21. The molecule has 3 heteroatoms. The molecule has 0 radical (unpaired) electrons. The van der Waals surface area contributed by atoms with E-state index in [1.165, 1.54) is 5.56 Å². The van der Waals surface area contributed by atoms with Gasteiger partial charge in [0.1, 0.15) is 17.2 Å². The molecule has 0 spiro atoms. The van der Waals surface area contributed by atoms with Crippen molar-refractivity contribution in [2.75, 3.05) is 19.8 Å². The molecule has 0 fully saturated rings. The Labute approximate surface area is 239 Å². The third-order valence-electron chi connectivity index (χ3n) is 7.17. The molecule has 0 amide bonds. The molecule has 0 N–H and O–H groups in total. The van der Waals surface area contributed by atoms with Gasteiger partial charge in [-0.15, -0.1) is 0 Å². The summed E-state index contributed by atoms with van der Waals surface area (Å²) in [6.45, 7) is 17.3. The molecule has 0 aliphatic carbocycles. The summed E-state index contributed by atoms with van der Waals surface area (Å²) in [6.07, 6.45) is 0. The van der Waals surface area contributed by atoms with Crippen LogP contribution < -0.4 is 14.2 Å². The van der Waals surface area contributed by atoms with E-state index in [0.717, 1.165) is 60.7 Å². The van der Waals surface area contributed by atoms with Crippen molar-refractivity contribution in [2.45, 2.75) is 48.5 Å². The molecule has 0 aliphatic rings. The molecule has 0 aromatic heterocycles. The maximum atomic E-state index is 6.75. The number of hydrogen-bond acceptors (Lipinski definition) is 3. The quantitative estimate of drug-likeness (QED) is 0.167. The van der Waals surface area contributed by atoms with E-state index in [9.17, 15) is 0 Å². The Balaban J connectivity index is 1.93. The minimum Gasteiger partial charge on any atom is -0.492 e. The topological polar surface area (TPSA) is 27.7 Å². The number of ether oxygens (including phenoxy) is 3. The molecule has 0 aliphatic heterocycles. The summed E-state index contributed by atoms with van der Waals surface area (Å²) >= 11 is 0. The Bertz CT molecular complexity index is 1590. The zero-order valence-corrected chi connectivity index (χ0v) is 25.0. The fourth-order valence-corrected chi connectivity index (χ4v) is 5.40. The second-order valence-electron chi connectivity index (χ2n) is 12.1. The second-order valence-corrected chi connectivity index (χ2v) is 12.1. The largest absolute Gasteiger partial charge is 0.492 e. The number of benzene rings is 5. The molecule has 0 saturated carbocycles. The minimum atomic E-state index is 0.393. The highest BCUT2D eigenvalue weighted by atomic mass is 16.5. The molecule has 40 heavy (non-hydrogen) atoms. The first-order valence-corrected chi connectivity index (χ1v) is 14.6. The molecule has 0 unspecified atom stereocenters. The molecule has 0 saturated heterocycles. The highest BCUT2D eigenvalue weighted by molar-refractivity contribution is 6.19. The van der Waals surface area contributed by atoms with Crippen molar-refractivity contribution < 1.29 is 14.2 Å². The maximum absolute atomic E-state index is 6.75. The maximum Gasteiger partial charge on any atom is 0.135 e. The Hall–Kier alpha value is -3.72. The van der Waals surface area contributed by atoms with Gasteiger partial charge in [-0.3, -0.25) is 0 Å². The van der Waals surface area contributed by atoms with Gasteiger partial charge in [0.25, 0.3) is 0 Å². The zero-order chi connectivity index (χ0) is 28.4. The van der Waals surface area contributed by atoms with Gasteiger partial charge in [0.2, 0.25) is 0 Å². The van der Waals surface area contributed by atoms with E-state index < -0.39 is 0 Å². The Morgan fingerprint density at radius 3 is 1.18 bits per heavy atom. The molecule has 208 valence electrons. The summed E-state index contributed by atoms with van der Waals surface area (Å²) in [7, 11) is 0. The van der Waals surface area contributed by atoms with E-state index in [-0.39, 0.29) is 0 Å². The van der Waals surface area contributed by atoms with E-state index in [2.05, 4.69) is 121 Å². The molecule has 5 aromatic carbocycles. The highest BCUT2D eigenvalue weighted by Crippen LogP contribution is 2.51. The molecule has 5 rings (SSSR count). The fraction of sp³-hybridized carbons (Fsp3) is 0.351. The van der Waals surface area contributed by atoms with Crippen LogP contribution in [0.25, 0.3) is 43.4 Å². The summed E-state index contributed by atoms with van der Waals surface area (Å²) in [6, 6.07) is 25.7. The molecular formula is C37H42O3. The smallest absolute Gasteiger partial charge is 0.135 e. The van der Waals surface area contributed by atoms with Gasteiger partial charge in [-0.05, 0) is 35.4 Å². The van der Waals surface area contributed by atoms with Crippen LogP contribution in [0.15, 0.2) is 72.8 Å². The molecule has 3 nitrogen and oxygen atoms in total. The van der Waals surface area contributed by atoms with Crippen molar-refractivity contribution in [3.05, 3.63) is 78.4 Å². The fourth-order valence-electron chi connectivity index (χ4n) is 5.40. The number of fused-ring (bicyclic) bond motifs is 3. The van der Waals surface area contributed by atoms with Crippen LogP contribution in [0.1, 0.15) is 47.1 Å². The van der Waals surface area contributed by atoms with Crippen LogP contribution in [0.2, 0.25) is 0 Å². The summed E-state index contributed by atoms with van der Waals surface area (Å²) < 4.78 is 19.9. The van der Waals surface area contributed by atoms with Crippen LogP contribution in [0, 0.1) is 24.7 Å². The summed E-state index contributed by atoms with van der Waals surface area (Å²) in [4.78, 5) is 0. The van der Waals surface area contributed by atoms with Crippen molar-refractivity contribution in [1.29, 1.82) is 0 Å². The van der Waals surface area contributed by atoms with Gasteiger partial charge in [-0.2, -0.15) is 0 Å². The average Bonchev–Trinajstić information content (AvgIpc) is 2.93. The van der Waals surface area contributed by atoms with Crippen molar-refractivity contribution in [1.82, 2.24) is 0 Å². The Morgan fingerprint density at radius 1 is 0.425 bits per heavy atom. The van der Waals surface area contributed by atoms with Gasteiger partial charge in [-0.25, -0.2) is 0 Å². The first-order valence-electron chi connectivity index (χ1n) is 14.6. The minimum absolute atomic E-state index is 0.393. The van der Waals surface area contributed by atoms with Gasteiger partial charge < -0.3 is 14.2 Å². The summed E-state index contributed by atoms with van der Waals surface area (Å²) in [5.74, 6) is 4.04. The van der Waals surface area contributed by atoms with Crippen LogP contribution in [-0.2, 0) is 0 Å². The lowest BCUT2D eigenvalue weighted by Crippen LogP contribution is -2.10. The lowest BCUT2D eigenvalue weighted by molar-refractivity contribution is 0.268. The van der Waals surface area contributed by atoms with Crippen molar-refractivity contribution in [3.63, 3.8) is 0 Å². The summed E-state index contributed by atoms with van der Waals surface area (Å²) in [5.41, 5.74) is 3.37. The highest BCUT2D eigenvalue weighted by Gasteiger charge is 2.25. The van der Waals surface area contributed by atoms with Crippen LogP contribution in [0.5, 0.6) is 17.2 Å². The van der Waals surface area contributed by atoms with Gasteiger partial charge in [-0.1, -0.05) is 114 Å². The predicted octanol–water partition coefficient (Wildman–Crippen LogP) is 10.2. The van der Waals surface area contributed by atoms with Crippen LogP contribution in [0.4, 0.5) is 0 Å². The van der Waals surface area contributed by atoms with Gasteiger partial charge in [0.05, 0.1) is 19.8 Å². The normalized spacial score (nSPS) is 11.8. The van der Waals surface area contributed by atoms with E-state index in [4.69, 9.17) is 14.2 Å². The molecule has 5 aromatic rings. The van der Waals surface area contributed by atoms with Crippen LogP contribution in [0.3, 0.4) is 0 Å². The van der Waals surface area contributed by atoms with Crippen LogP contribution in [-0.4, -0.2) is 19.8 Å². The van der Waals surface area contributed by atoms with Crippen molar-refractivity contribution in [3.8, 4) is 28.4 Å². The van der Waals surface area contributed by atoms with E-state index in [1.807, 2.05) is 0 Å². The van der Waals surface area contributed by atoms with E-state index >= 15 is 0 Å². The standard InChI is InChI=1S/C37H42O3/c1-23(2)20-38-35-26(7)33(37(40-22-25(5)6)32-19-13-12-18-31(32)35)34-27-14-8-10-16-29(27)36(39-21-24(3)4)30-17-11-9-15-28(30)34/h8-19,23-25H,20-22H2,1-7H3. The number of rotatable bonds is 10. The van der Waals surface area contributed by atoms with E-state index in [0.29, 0.717) is 37.6 Å². The number of hydrogen-bond donors (Lipinski definition) is 0. The second kappa shape index (κ2) is 11.8. The van der Waals surface area contributed by atoms with Gasteiger partial charge >= 0.3 is 0 Å². The third kappa shape index (κ3) is 5.35. The van der Waals surface area contributed by atoms with Crippen molar-refractivity contribution in [2.24, 2.45) is 17.8 Å². The molecule has 0 bridgehead atoms. The lowest BCUT2D eigenvalue weighted by atomic mass is 9.86. The third-order valence-corrected chi connectivity index (χ3v) is 7.17. The molecule has 0 heterocycles. The van der Waals surface area contributed by atoms with E-state index in [1.54, 1.807) is 0 Å². The SMILES string of the molecule is Cc1c(-c2c3ccccc3c(OCC(C)C)c3ccccc23)c(OCC(C)C)c2ccccc2c1OCC(C)C. The zero-order valence-electron chi connectivity index (χ0n) is 25.0. The monoisotopic (exact) mass is 534 g/mol. The van der Waals surface area contributed by atoms with Crippen LogP contribution >= 0.6 is 0 Å².